The van der Waals surface area contributed by atoms with Crippen LogP contribution in [0.15, 0.2) is 0 Å². The summed E-state index contributed by atoms with van der Waals surface area (Å²) in [5, 5.41) is 0. The Labute approximate surface area is 125 Å². The molecule has 0 aromatic heterocycles. The van der Waals surface area contributed by atoms with Gasteiger partial charge in [0.05, 0.1) is 13.3 Å². The largest absolute Gasteiger partial charge is 0.365 e. The highest BCUT2D eigenvalue weighted by Crippen LogP contribution is 2.32. The average Bonchev–Trinajstić information content (AvgIpc) is 2.76. The number of hydrogen-bond donors (Lipinski definition) is 0. The van der Waals surface area contributed by atoms with Gasteiger partial charge in [0.25, 0.3) is 0 Å². The highest BCUT2D eigenvalue weighted by Gasteiger charge is 2.33. The minimum absolute atomic E-state index is 0.290. The summed E-state index contributed by atoms with van der Waals surface area (Å²) in [6.07, 6.45) is 5.42. The lowest BCUT2D eigenvalue weighted by atomic mass is 9.85. The molecule has 0 N–H and O–H groups in total. The molecule has 0 radical (unpaired) electrons. The smallest absolute Gasteiger partial charge is 0.0995 e. The Bertz CT molecular complexity index is 303. The van der Waals surface area contributed by atoms with Crippen molar-refractivity contribution in [3.63, 3.8) is 0 Å². The molecule has 2 aliphatic heterocycles. The Balaban J connectivity index is 1.87. The van der Waals surface area contributed by atoms with Gasteiger partial charge in [-0.1, -0.05) is 0 Å². The molecule has 2 aliphatic rings. The summed E-state index contributed by atoms with van der Waals surface area (Å²) in [6.45, 7) is 17.2. The van der Waals surface area contributed by atoms with Crippen LogP contribution in [-0.2, 0) is 4.74 Å². The third-order valence-electron chi connectivity index (χ3n) is 5.19. The second-order valence-corrected chi connectivity index (χ2v) is 8.27. The van der Waals surface area contributed by atoms with E-state index in [2.05, 4.69) is 44.4 Å². The predicted octanol–water partition coefficient (Wildman–Crippen LogP) is 3.35. The summed E-state index contributed by atoms with van der Waals surface area (Å²) < 4.78 is 5.54. The van der Waals surface area contributed by atoms with Crippen molar-refractivity contribution in [1.29, 1.82) is 0 Å². The van der Waals surface area contributed by atoms with Crippen LogP contribution in [0.5, 0.6) is 0 Å². The minimum atomic E-state index is 0.290. The van der Waals surface area contributed by atoms with Gasteiger partial charge >= 0.3 is 0 Å². The van der Waals surface area contributed by atoms with Crippen molar-refractivity contribution in [2.75, 3.05) is 33.0 Å². The van der Waals surface area contributed by atoms with E-state index < -0.39 is 0 Å². The van der Waals surface area contributed by atoms with Crippen molar-refractivity contribution in [3.8, 4) is 0 Å². The van der Waals surface area contributed by atoms with Crippen molar-refractivity contribution in [3.05, 3.63) is 0 Å². The van der Waals surface area contributed by atoms with E-state index >= 15 is 0 Å². The van der Waals surface area contributed by atoms with Crippen molar-refractivity contribution < 1.29 is 4.74 Å². The normalized spacial score (nSPS) is 27.8. The molecule has 0 amide bonds. The number of ether oxygens (including phenoxy) is 1. The van der Waals surface area contributed by atoms with Gasteiger partial charge in [0.2, 0.25) is 0 Å². The summed E-state index contributed by atoms with van der Waals surface area (Å²) >= 11 is 0. The Hall–Kier alpha value is -0.120. The van der Waals surface area contributed by atoms with E-state index in [9.17, 15) is 0 Å². The number of nitrogens with zero attached hydrogens (tertiary/aromatic N) is 2. The third-order valence-corrected chi connectivity index (χ3v) is 5.19. The number of rotatable bonds is 3. The van der Waals surface area contributed by atoms with Crippen LogP contribution in [0.2, 0.25) is 0 Å². The maximum absolute atomic E-state index is 5.54. The molecule has 3 heteroatoms. The molecule has 0 bridgehead atoms. The Kier molecular flexibility index (Phi) is 5.14. The topological polar surface area (TPSA) is 15.7 Å². The van der Waals surface area contributed by atoms with Crippen LogP contribution in [0.1, 0.15) is 60.3 Å². The van der Waals surface area contributed by atoms with Crippen LogP contribution in [0, 0.1) is 5.92 Å². The van der Waals surface area contributed by atoms with Crippen LogP contribution < -0.4 is 0 Å². The van der Waals surface area contributed by atoms with Crippen LogP contribution >= 0.6 is 0 Å². The van der Waals surface area contributed by atoms with Crippen LogP contribution in [0.25, 0.3) is 0 Å². The van der Waals surface area contributed by atoms with Crippen LogP contribution in [0.4, 0.5) is 0 Å². The third kappa shape index (κ3) is 4.19. The van der Waals surface area contributed by atoms with Gasteiger partial charge in [0, 0.05) is 17.6 Å². The van der Waals surface area contributed by atoms with Crippen molar-refractivity contribution >= 4 is 0 Å². The highest BCUT2D eigenvalue weighted by atomic mass is 16.5. The van der Waals surface area contributed by atoms with Crippen LogP contribution in [-0.4, -0.2) is 53.8 Å². The standard InChI is InChI=1S/C17H34N2O/c1-16(2,3)18-9-6-7-15(8-10-18)13-17(4,5)19-11-12-20-14-19/h15H,6-14H2,1-5H3. The molecule has 1 unspecified atom stereocenters. The first kappa shape index (κ1) is 16.3. The van der Waals surface area contributed by atoms with E-state index in [1.807, 2.05) is 0 Å². The zero-order chi connectivity index (χ0) is 14.8. The fraction of sp³-hybridized carbons (Fsp3) is 1.00. The number of hydrogen-bond acceptors (Lipinski definition) is 3. The van der Waals surface area contributed by atoms with Gasteiger partial charge in [-0.15, -0.1) is 0 Å². The Morgan fingerprint density at radius 1 is 0.950 bits per heavy atom. The van der Waals surface area contributed by atoms with E-state index in [0.717, 1.165) is 25.8 Å². The molecule has 0 spiro atoms. The van der Waals surface area contributed by atoms with E-state index in [1.165, 1.54) is 38.8 Å². The molecule has 0 aromatic rings. The van der Waals surface area contributed by atoms with E-state index in [4.69, 9.17) is 4.74 Å². The summed E-state index contributed by atoms with van der Waals surface area (Å²) in [5.41, 5.74) is 0.616. The summed E-state index contributed by atoms with van der Waals surface area (Å²) in [7, 11) is 0. The van der Waals surface area contributed by atoms with Crippen LogP contribution in [0.3, 0.4) is 0 Å². The molecule has 20 heavy (non-hydrogen) atoms. The molecule has 2 heterocycles. The van der Waals surface area contributed by atoms with Crippen molar-refractivity contribution in [2.45, 2.75) is 71.4 Å². The van der Waals surface area contributed by atoms with Gasteiger partial charge in [-0.05, 0) is 79.3 Å². The molecular weight excluding hydrogens is 248 g/mol. The zero-order valence-electron chi connectivity index (χ0n) is 14.2. The van der Waals surface area contributed by atoms with E-state index in [0.29, 0.717) is 5.54 Å². The summed E-state index contributed by atoms with van der Waals surface area (Å²) in [5.74, 6) is 0.873. The number of likely N-dealkylation sites (tertiary alicyclic amines) is 1. The average molecular weight is 282 g/mol. The molecule has 2 saturated heterocycles. The zero-order valence-corrected chi connectivity index (χ0v) is 14.2. The molecule has 118 valence electrons. The second-order valence-electron chi connectivity index (χ2n) is 8.27. The van der Waals surface area contributed by atoms with Gasteiger partial charge < -0.3 is 4.74 Å². The van der Waals surface area contributed by atoms with Crippen molar-refractivity contribution in [2.24, 2.45) is 5.92 Å². The van der Waals surface area contributed by atoms with Gasteiger partial charge in [0.15, 0.2) is 0 Å². The predicted molar refractivity (Wildman–Crippen MR) is 84.9 cm³/mol. The molecule has 0 aliphatic carbocycles. The Morgan fingerprint density at radius 2 is 1.70 bits per heavy atom. The van der Waals surface area contributed by atoms with Gasteiger partial charge in [-0.2, -0.15) is 0 Å². The van der Waals surface area contributed by atoms with Gasteiger partial charge in [0.1, 0.15) is 0 Å². The summed E-state index contributed by atoms with van der Waals surface area (Å²) in [4.78, 5) is 5.18. The molecular formula is C17H34N2O. The fourth-order valence-electron chi connectivity index (χ4n) is 3.77. The minimum Gasteiger partial charge on any atom is -0.365 e. The first-order valence-electron chi connectivity index (χ1n) is 8.37. The first-order chi connectivity index (χ1) is 9.29. The van der Waals surface area contributed by atoms with Crippen molar-refractivity contribution in [1.82, 2.24) is 9.80 Å². The molecule has 0 saturated carbocycles. The van der Waals surface area contributed by atoms with Gasteiger partial charge in [-0.3, -0.25) is 9.80 Å². The molecule has 2 fully saturated rings. The SMILES string of the molecule is CC(C)(C)N1CCCC(CC(C)(C)N2CCOC2)CC1. The lowest BCUT2D eigenvalue weighted by molar-refractivity contribution is 0.0573. The quantitative estimate of drug-likeness (QED) is 0.789. The maximum Gasteiger partial charge on any atom is 0.0995 e. The monoisotopic (exact) mass is 282 g/mol. The van der Waals surface area contributed by atoms with E-state index in [1.54, 1.807) is 0 Å². The van der Waals surface area contributed by atoms with Gasteiger partial charge in [-0.25, -0.2) is 0 Å². The lowest BCUT2D eigenvalue weighted by Gasteiger charge is -2.37. The van der Waals surface area contributed by atoms with E-state index in [-0.39, 0.29) is 5.54 Å². The highest BCUT2D eigenvalue weighted by molar-refractivity contribution is 4.87. The Morgan fingerprint density at radius 3 is 2.30 bits per heavy atom. The second kappa shape index (κ2) is 6.33. The molecule has 0 aromatic carbocycles. The maximum atomic E-state index is 5.54. The lowest BCUT2D eigenvalue weighted by Crippen LogP contribution is -2.44. The molecule has 2 rings (SSSR count). The first-order valence-corrected chi connectivity index (χ1v) is 8.37. The fourth-order valence-corrected chi connectivity index (χ4v) is 3.77. The summed E-state index contributed by atoms with van der Waals surface area (Å²) in [6, 6.07) is 0. The molecule has 3 nitrogen and oxygen atoms in total. The molecule has 1 atom stereocenters.